The summed E-state index contributed by atoms with van der Waals surface area (Å²) in [6.45, 7) is 3.06. The van der Waals surface area contributed by atoms with Crippen molar-refractivity contribution < 1.29 is 24.6 Å². The fourth-order valence-electron chi connectivity index (χ4n) is 1.62. The molecule has 0 aromatic rings. The average Bonchev–Trinajstić information content (AvgIpc) is 2.27. The van der Waals surface area contributed by atoms with Gasteiger partial charge < -0.3 is 20.4 Å². The molecule has 0 aromatic carbocycles. The molecular weight excluding hydrogens is 260 g/mol. The van der Waals surface area contributed by atoms with Crippen LogP contribution in [0, 0.1) is 0 Å². The molecule has 1 aliphatic heterocycles. The number of urea groups is 1. The monoisotopic (exact) mass is 276 g/mol. The highest BCUT2D eigenvalue weighted by atomic mass is 32.2. The zero-order valence-corrected chi connectivity index (χ0v) is 10.8. The Morgan fingerprint density at radius 3 is 2.61 bits per heavy atom. The maximum atomic E-state index is 11.8. The van der Waals surface area contributed by atoms with Crippen LogP contribution in [0.5, 0.6) is 0 Å². The van der Waals surface area contributed by atoms with Gasteiger partial charge in [-0.2, -0.15) is 11.8 Å². The number of rotatable bonds is 4. The van der Waals surface area contributed by atoms with Crippen LogP contribution in [0.2, 0.25) is 0 Å². The quantitative estimate of drug-likeness (QED) is 0.670. The molecule has 0 aliphatic carbocycles. The molecule has 18 heavy (non-hydrogen) atoms. The molecule has 1 saturated heterocycles. The molecule has 2 atom stereocenters. The van der Waals surface area contributed by atoms with Gasteiger partial charge in [0, 0.05) is 24.1 Å². The summed E-state index contributed by atoms with van der Waals surface area (Å²) in [7, 11) is 0. The Morgan fingerprint density at radius 2 is 2.11 bits per heavy atom. The molecule has 3 N–H and O–H groups in total. The van der Waals surface area contributed by atoms with Gasteiger partial charge in [-0.1, -0.05) is 6.92 Å². The maximum absolute atomic E-state index is 11.8. The molecule has 1 aliphatic rings. The lowest BCUT2D eigenvalue weighted by molar-refractivity contribution is -0.145. The third-order valence-electron chi connectivity index (χ3n) is 2.50. The molecule has 2 unspecified atom stereocenters. The molecule has 1 heterocycles. The van der Waals surface area contributed by atoms with Gasteiger partial charge in [-0.15, -0.1) is 0 Å². The number of carboxylic acid groups (broad SMARTS) is 2. The van der Waals surface area contributed by atoms with E-state index in [1.807, 2.05) is 6.92 Å². The van der Waals surface area contributed by atoms with Crippen LogP contribution in [0.4, 0.5) is 4.79 Å². The summed E-state index contributed by atoms with van der Waals surface area (Å²) in [5.74, 6) is -1.80. The average molecular weight is 276 g/mol. The molecule has 0 bridgehead atoms. The van der Waals surface area contributed by atoms with E-state index in [1.165, 1.54) is 4.90 Å². The van der Waals surface area contributed by atoms with Gasteiger partial charge in [-0.05, 0) is 0 Å². The second-order valence-corrected chi connectivity index (χ2v) is 5.61. The van der Waals surface area contributed by atoms with Gasteiger partial charge in [-0.3, -0.25) is 4.79 Å². The predicted molar refractivity (Wildman–Crippen MR) is 65.7 cm³/mol. The van der Waals surface area contributed by atoms with E-state index in [0.717, 1.165) is 5.75 Å². The van der Waals surface area contributed by atoms with Crippen molar-refractivity contribution in [2.45, 2.75) is 24.6 Å². The second-order valence-electron chi connectivity index (χ2n) is 4.07. The predicted octanol–water partition coefficient (Wildman–Crippen LogP) is 0.0612. The zero-order valence-electron chi connectivity index (χ0n) is 9.96. The first-order valence-electron chi connectivity index (χ1n) is 5.51. The Labute approximate surface area is 109 Å². The zero-order chi connectivity index (χ0) is 13.7. The number of nitrogens with one attached hydrogen (secondary N) is 1. The molecule has 7 nitrogen and oxygen atoms in total. The Kier molecular flexibility index (Phi) is 5.26. The largest absolute Gasteiger partial charge is 0.481 e. The summed E-state index contributed by atoms with van der Waals surface area (Å²) in [6, 6.07) is -1.91. The molecule has 1 fully saturated rings. The third-order valence-corrected chi connectivity index (χ3v) is 3.64. The van der Waals surface area contributed by atoms with E-state index in [4.69, 9.17) is 10.2 Å². The van der Waals surface area contributed by atoms with Crippen molar-refractivity contribution in [2.24, 2.45) is 0 Å². The van der Waals surface area contributed by atoms with Crippen molar-refractivity contribution in [1.82, 2.24) is 10.2 Å². The van der Waals surface area contributed by atoms with Gasteiger partial charge >= 0.3 is 18.0 Å². The number of hydrogen-bond donors (Lipinski definition) is 3. The van der Waals surface area contributed by atoms with Gasteiger partial charge in [0.1, 0.15) is 6.04 Å². The molecule has 2 amide bonds. The number of carbonyl (C=O) groups excluding carboxylic acids is 1. The maximum Gasteiger partial charge on any atom is 0.326 e. The van der Waals surface area contributed by atoms with Crippen molar-refractivity contribution in [1.29, 1.82) is 0 Å². The molecule has 0 radical (unpaired) electrons. The molecule has 0 spiro atoms. The first kappa shape index (κ1) is 14.6. The van der Waals surface area contributed by atoms with Crippen LogP contribution in [0.3, 0.4) is 0 Å². The van der Waals surface area contributed by atoms with E-state index >= 15 is 0 Å². The van der Waals surface area contributed by atoms with Crippen LogP contribution in [0.1, 0.15) is 13.3 Å². The van der Waals surface area contributed by atoms with Crippen molar-refractivity contribution >= 4 is 29.7 Å². The fourth-order valence-corrected chi connectivity index (χ4v) is 2.63. The highest BCUT2D eigenvalue weighted by Gasteiger charge is 2.27. The first-order valence-corrected chi connectivity index (χ1v) is 6.56. The van der Waals surface area contributed by atoms with Gasteiger partial charge in [0.2, 0.25) is 0 Å². The van der Waals surface area contributed by atoms with E-state index in [1.54, 1.807) is 11.8 Å². The molecule has 8 heteroatoms. The van der Waals surface area contributed by atoms with Crippen LogP contribution in [0.15, 0.2) is 0 Å². The number of carboxylic acids is 2. The Hall–Kier alpha value is -1.44. The number of amides is 2. The van der Waals surface area contributed by atoms with E-state index < -0.39 is 30.4 Å². The van der Waals surface area contributed by atoms with Crippen LogP contribution in [-0.2, 0) is 9.59 Å². The minimum absolute atomic E-state index is 0.298. The number of aliphatic carboxylic acids is 2. The van der Waals surface area contributed by atoms with E-state index in [2.05, 4.69) is 5.32 Å². The lowest BCUT2D eigenvalue weighted by atomic mass is 10.2. The summed E-state index contributed by atoms with van der Waals surface area (Å²) in [6.07, 6.45) is -0.626. The summed E-state index contributed by atoms with van der Waals surface area (Å²) < 4.78 is 0. The first-order chi connectivity index (χ1) is 8.40. The van der Waals surface area contributed by atoms with Crippen LogP contribution in [-0.4, -0.2) is 63.2 Å². The summed E-state index contributed by atoms with van der Waals surface area (Å²) in [5.41, 5.74) is 0. The summed E-state index contributed by atoms with van der Waals surface area (Å²) in [4.78, 5) is 34.6. The van der Waals surface area contributed by atoms with Gasteiger partial charge in [0.05, 0.1) is 6.42 Å². The molecular formula is C10H16N2O5S. The molecule has 0 saturated carbocycles. The second kappa shape index (κ2) is 6.48. The Morgan fingerprint density at radius 1 is 1.44 bits per heavy atom. The van der Waals surface area contributed by atoms with Crippen molar-refractivity contribution in [3.8, 4) is 0 Å². The SMILES string of the molecule is CC1CN(C(=O)NC(CC(=O)O)C(=O)O)CCS1. The van der Waals surface area contributed by atoms with Gasteiger partial charge in [0.25, 0.3) is 0 Å². The van der Waals surface area contributed by atoms with Crippen molar-refractivity contribution in [2.75, 3.05) is 18.8 Å². The summed E-state index contributed by atoms with van der Waals surface area (Å²) >= 11 is 1.74. The van der Waals surface area contributed by atoms with Crippen LogP contribution in [0.25, 0.3) is 0 Å². The number of thioether (sulfide) groups is 1. The van der Waals surface area contributed by atoms with Crippen LogP contribution >= 0.6 is 11.8 Å². The normalized spacial score (nSPS) is 21.2. The number of carbonyl (C=O) groups is 3. The fraction of sp³-hybridized carbons (Fsp3) is 0.700. The number of nitrogens with zero attached hydrogens (tertiary/aromatic N) is 1. The molecule has 1 rings (SSSR count). The molecule has 0 aromatic heterocycles. The van der Waals surface area contributed by atoms with Gasteiger partial charge in [0.15, 0.2) is 0 Å². The highest BCUT2D eigenvalue weighted by Crippen LogP contribution is 2.17. The smallest absolute Gasteiger partial charge is 0.326 e. The van der Waals surface area contributed by atoms with Crippen molar-refractivity contribution in [3.63, 3.8) is 0 Å². The summed E-state index contributed by atoms with van der Waals surface area (Å²) in [5, 5.41) is 19.9. The Bertz CT molecular complexity index is 349. The standard InChI is InChI=1S/C10H16N2O5S/c1-6-5-12(2-3-18-6)10(17)11-7(9(15)16)4-8(13)14/h6-7H,2-5H2,1H3,(H,11,17)(H,13,14)(H,15,16). The third kappa shape index (κ3) is 4.44. The van der Waals surface area contributed by atoms with Gasteiger partial charge in [-0.25, -0.2) is 9.59 Å². The lowest BCUT2D eigenvalue weighted by Crippen LogP contribution is -2.51. The molecule has 102 valence electrons. The van der Waals surface area contributed by atoms with E-state index in [0.29, 0.717) is 18.3 Å². The minimum atomic E-state index is -1.39. The van der Waals surface area contributed by atoms with E-state index in [9.17, 15) is 14.4 Å². The minimum Gasteiger partial charge on any atom is -0.481 e. The van der Waals surface area contributed by atoms with Crippen molar-refractivity contribution in [3.05, 3.63) is 0 Å². The van der Waals surface area contributed by atoms with Crippen LogP contribution < -0.4 is 5.32 Å². The topological polar surface area (TPSA) is 107 Å². The van der Waals surface area contributed by atoms with E-state index in [-0.39, 0.29) is 0 Å². The highest BCUT2D eigenvalue weighted by molar-refractivity contribution is 7.99. The Balaban J connectivity index is 2.54. The lowest BCUT2D eigenvalue weighted by Gasteiger charge is -2.31. The number of hydrogen-bond acceptors (Lipinski definition) is 4.